The summed E-state index contributed by atoms with van der Waals surface area (Å²) in [6, 6.07) is 9.77. The first-order valence-electron chi connectivity index (χ1n) is 5.22. The zero-order chi connectivity index (χ0) is 13.1. The molecular weight excluding hydrogens is 234 g/mol. The lowest BCUT2D eigenvalue weighted by atomic mass is 10.3. The lowest BCUT2D eigenvalue weighted by Crippen LogP contribution is -1.97. The second-order valence-electron chi connectivity index (χ2n) is 3.65. The molecule has 0 fully saturated rings. The Hall–Kier alpha value is -2.63. The van der Waals surface area contributed by atoms with Crippen molar-refractivity contribution < 1.29 is 9.66 Å². The highest BCUT2D eigenvalue weighted by molar-refractivity contribution is 5.53. The molecule has 0 radical (unpaired) electrons. The van der Waals surface area contributed by atoms with Gasteiger partial charge in [0.15, 0.2) is 5.75 Å². The molecule has 2 rings (SSSR count). The van der Waals surface area contributed by atoms with Crippen LogP contribution in [0.5, 0.6) is 11.6 Å². The number of hydrogen-bond donors (Lipinski definition) is 1. The molecule has 0 atom stereocenters. The summed E-state index contributed by atoms with van der Waals surface area (Å²) in [5.41, 5.74) is 6.46. The molecular formula is C12H11N3O3. The smallest absolute Gasteiger partial charge is 0.290 e. The van der Waals surface area contributed by atoms with Gasteiger partial charge in [-0.15, -0.1) is 0 Å². The number of nitrogens with two attached hydrogens (primary N) is 1. The molecule has 0 saturated heterocycles. The Morgan fingerprint density at radius 2 is 2.00 bits per heavy atom. The molecule has 2 aromatic rings. The molecule has 6 heteroatoms. The van der Waals surface area contributed by atoms with Gasteiger partial charge in [0.05, 0.1) is 10.6 Å². The monoisotopic (exact) mass is 245 g/mol. The van der Waals surface area contributed by atoms with Gasteiger partial charge < -0.3 is 10.5 Å². The van der Waals surface area contributed by atoms with Gasteiger partial charge in [-0.3, -0.25) is 10.1 Å². The molecule has 0 spiro atoms. The molecule has 18 heavy (non-hydrogen) atoms. The molecule has 0 aliphatic heterocycles. The van der Waals surface area contributed by atoms with Crippen LogP contribution in [0.4, 0.5) is 11.4 Å². The number of ether oxygens (including phenoxy) is 1. The van der Waals surface area contributed by atoms with Crippen molar-refractivity contribution in [3.63, 3.8) is 0 Å². The maximum absolute atomic E-state index is 10.7. The number of aromatic nitrogens is 1. The number of nitro groups is 1. The van der Waals surface area contributed by atoms with Gasteiger partial charge in [-0.25, -0.2) is 4.98 Å². The minimum atomic E-state index is -0.483. The molecule has 1 aromatic heterocycles. The topological polar surface area (TPSA) is 91.3 Å². The third kappa shape index (κ3) is 2.37. The molecule has 0 amide bonds. The van der Waals surface area contributed by atoms with Gasteiger partial charge in [-0.1, -0.05) is 12.1 Å². The average molecular weight is 245 g/mol. The summed E-state index contributed by atoms with van der Waals surface area (Å²) in [4.78, 5) is 14.2. The lowest BCUT2D eigenvalue weighted by molar-refractivity contribution is -0.385. The van der Waals surface area contributed by atoms with E-state index in [1.165, 1.54) is 12.1 Å². The quantitative estimate of drug-likeness (QED) is 0.510. The van der Waals surface area contributed by atoms with Gasteiger partial charge in [0, 0.05) is 12.1 Å². The third-order valence-corrected chi connectivity index (χ3v) is 2.36. The van der Waals surface area contributed by atoms with E-state index in [1.54, 1.807) is 31.2 Å². The van der Waals surface area contributed by atoms with Crippen LogP contribution in [0.1, 0.15) is 5.69 Å². The summed E-state index contributed by atoms with van der Waals surface area (Å²) in [6.45, 7) is 1.55. The van der Waals surface area contributed by atoms with Crippen LogP contribution in [-0.2, 0) is 0 Å². The summed E-state index contributed by atoms with van der Waals surface area (Å²) in [5.74, 6) is 0.745. The predicted molar refractivity (Wildman–Crippen MR) is 66.6 cm³/mol. The zero-order valence-corrected chi connectivity index (χ0v) is 9.66. The highest BCUT2D eigenvalue weighted by Gasteiger charge is 2.13. The molecule has 92 valence electrons. The Morgan fingerprint density at radius 1 is 1.28 bits per heavy atom. The Labute approximate surface area is 103 Å². The molecule has 0 unspecified atom stereocenters. The maximum atomic E-state index is 10.7. The molecule has 1 heterocycles. The first-order valence-corrected chi connectivity index (χ1v) is 5.22. The Balaban J connectivity index is 2.29. The van der Waals surface area contributed by atoms with Crippen molar-refractivity contribution in [3.05, 3.63) is 52.2 Å². The molecule has 1 aromatic carbocycles. The molecule has 6 nitrogen and oxygen atoms in total. The molecule has 0 aliphatic rings. The van der Waals surface area contributed by atoms with E-state index in [1.807, 2.05) is 0 Å². The van der Waals surface area contributed by atoms with Crippen molar-refractivity contribution in [3.8, 4) is 11.6 Å². The van der Waals surface area contributed by atoms with Crippen LogP contribution in [0.25, 0.3) is 0 Å². The van der Waals surface area contributed by atoms with Crippen molar-refractivity contribution >= 4 is 11.4 Å². The van der Waals surface area contributed by atoms with Gasteiger partial charge in [0.1, 0.15) is 5.69 Å². The van der Waals surface area contributed by atoms with Gasteiger partial charge >= 0.3 is 0 Å². The van der Waals surface area contributed by atoms with Crippen molar-refractivity contribution in [1.29, 1.82) is 0 Å². The predicted octanol–water partition coefficient (Wildman–Crippen LogP) is 2.67. The number of benzene rings is 1. The van der Waals surface area contributed by atoms with Crippen LogP contribution in [-0.4, -0.2) is 9.91 Å². The van der Waals surface area contributed by atoms with E-state index >= 15 is 0 Å². The van der Waals surface area contributed by atoms with Crippen LogP contribution >= 0.6 is 0 Å². The summed E-state index contributed by atoms with van der Waals surface area (Å²) in [6.07, 6.45) is 0. The Morgan fingerprint density at radius 3 is 2.61 bits per heavy atom. The van der Waals surface area contributed by atoms with E-state index in [2.05, 4.69) is 4.98 Å². The fourth-order valence-electron chi connectivity index (χ4n) is 1.47. The van der Waals surface area contributed by atoms with E-state index in [-0.39, 0.29) is 11.6 Å². The van der Waals surface area contributed by atoms with E-state index in [9.17, 15) is 10.1 Å². The third-order valence-electron chi connectivity index (χ3n) is 2.36. The number of nitrogen functional groups attached to an aromatic ring is 1. The SMILES string of the molecule is Cc1nc(Oc2ccccc2N)ccc1[N+](=O)[O-]. The second-order valence-corrected chi connectivity index (χ2v) is 3.65. The average Bonchev–Trinajstić information content (AvgIpc) is 2.32. The minimum absolute atomic E-state index is 0.0385. The number of para-hydroxylation sites is 2. The van der Waals surface area contributed by atoms with Crippen LogP contribution in [0.15, 0.2) is 36.4 Å². The van der Waals surface area contributed by atoms with Gasteiger partial charge in [-0.2, -0.15) is 0 Å². The molecule has 0 bridgehead atoms. The van der Waals surface area contributed by atoms with E-state index < -0.39 is 4.92 Å². The van der Waals surface area contributed by atoms with Crippen LogP contribution in [0.3, 0.4) is 0 Å². The minimum Gasteiger partial charge on any atom is -0.437 e. The van der Waals surface area contributed by atoms with Crippen molar-refractivity contribution in [2.45, 2.75) is 6.92 Å². The van der Waals surface area contributed by atoms with Crippen molar-refractivity contribution in [2.24, 2.45) is 0 Å². The van der Waals surface area contributed by atoms with E-state index in [0.717, 1.165) is 0 Å². The summed E-state index contributed by atoms with van der Waals surface area (Å²) in [5, 5.41) is 10.7. The van der Waals surface area contributed by atoms with Crippen LogP contribution < -0.4 is 10.5 Å². The van der Waals surface area contributed by atoms with E-state index in [0.29, 0.717) is 17.1 Å². The largest absolute Gasteiger partial charge is 0.437 e. The lowest BCUT2D eigenvalue weighted by Gasteiger charge is -2.07. The van der Waals surface area contributed by atoms with Gasteiger partial charge in [-0.05, 0) is 19.1 Å². The van der Waals surface area contributed by atoms with Crippen LogP contribution in [0, 0.1) is 17.0 Å². The zero-order valence-electron chi connectivity index (χ0n) is 9.66. The maximum Gasteiger partial charge on any atom is 0.290 e. The molecule has 0 aliphatic carbocycles. The highest BCUT2D eigenvalue weighted by atomic mass is 16.6. The highest BCUT2D eigenvalue weighted by Crippen LogP contribution is 2.27. The standard InChI is InChI=1S/C12H11N3O3/c1-8-10(15(16)17)6-7-12(14-8)18-11-5-3-2-4-9(11)13/h2-7H,13H2,1H3. The second kappa shape index (κ2) is 4.70. The summed E-state index contributed by atoms with van der Waals surface area (Å²) < 4.78 is 5.47. The first kappa shape index (κ1) is 11.8. The number of rotatable bonds is 3. The van der Waals surface area contributed by atoms with Crippen LogP contribution in [0.2, 0.25) is 0 Å². The van der Waals surface area contributed by atoms with Gasteiger partial charge in [0.25, 0.3) is 5.69 Å². The number of nitrogens with zero attached hydrogens (tertiary/aromatic N) is 2. The number of pyridine rings is 1. The fraction of sp³-hybridized carbons (Fsp3) is 0.0833. The number of aryl methyl sites for hydroxylation is 1. The summed E-state index contributed by atoms with van der Waals surface area (Å²) in [7, 11) is 0. The molecule has 2 N–H and O–H groups in total. The Bertz CT molecular complexity index is 599. The number of anilines is 1. The fourth-order valence-corrected chi connectivity index (χ4v) is 1.47. The summed E-state index contributed by atoms with van der Waals surface area (Å²) >= 11 is 0. The first-order chi connectivity index (χ1) is 8.58. The number of hydrogen-bond acceptors (Lipinski definition) is 5. The Kier molecular flexibility index (Phi) is 3.09. The van der Waals surface area contributed by atoms with E-state index in [4.69, 9.17) is 10.5 Å². The van der Waals surface area contributed by atoms with Gasteiger partial charge in [0.2, 0.25) is 5.88 Å². The van der Waals surface area contributed by atoms with Crippen molar-refractivity contribution in [2.75, 3.05) is 5.73 Å². The van der Waals surface area contributed by atoms with Crippen molar-refractivity contribution in [1.82, 2.24) is 4.98 Å². The normalized spacial score (nSPS) is 10.1. The molecule has 0 saturated carbocycles.